The highest BCUT2D eigenvalue weighted by Gasteiger charge is 2.38. The molecular formula is C36H42FN7O3. The number of aryl methyl sites for hydroxylation is 1. The standard InChI is InChI=1S/C36H42FN7O3/c1-24-6-4-7-26-8-5-9-32(33(24)26)41-14-11-30-31(22-41)39-36(47-23-28-10-15-43(28)27-12-18-46-19-13-27)40-34(30)42-16-17-44(35(45)25(2)37)29(21-42)20-38-3/h4-9,27-29H,2,10-23H2,1H3/t28?,29-/m0/s1. The fourth-order valence-electron chi connectivity index (χ4n) is 7.73. The smallest absolute Gasteiger partial charge is 0.318 e. The molecule has 10 nitrogen and oxygen atoms in total. The monoisotopic (exact) mass is 639 g/mol. The van der Waals surface area contributed by atoms with E-state index in [0.29, 0.717) is 44.3 Å². The minimum atomic E-state index is -1.00. The Morgan fingerprint density at radius 2 is 1.87 bits per heavy atom. The summed E-state index contributed by atoms with van der Waals surface area (Å²) < 4.78 is 25.9. The Labute approximate surface area is 275 Å². The Morgan fingerprint density at radius 1 is 1.06 bits per heavy atom. The van der Waals surface area contributed by atoms with E-state index in [1.807, 2.05) is 0 Å². The molecule has 4 aliphatic rings. The molecule has 5 heterocycles. The maximum Gasteiger partial charge on any atom is 0.318 e. The lowest BCUT2D eigenvalue weighted by atomic mass is 9.96. The molecule has 0 saturated carbocycles. The van der Waals surface area contributed by atoms with Crippen molar-refractivity contribution >= 4 is 28.2 Å². The Hall–Kier alpha value is -4.27. The van der Waals surface area contributed by atoms with Gasteiger partial charge in [-0.1, -0.05) is 36.9 Å². The molecule has 3 saturated heterocycles. The number of carbonyl (C=O) groups is 1. The minimum Gasteiger partial charge on any atom is -0.462 e. The molecule has 246 valence electrons. The molecule has 4 aliphatic heterocycles. The van der Waals surface area contributed by atoms with Crippen LogP contribution in [0.3, 0.4) is 0 Å². The second-order valence-corrected chi connectivity index (χ2v) is 13.1. The van der Waals surface area contributed by atoms with Crippen LogP contribution in [-0.2, 0) is 22.5 Å². The van der Waals surface area contributed by atoms with Gasteiger partial charge in [0, 0.05) is 74.7 Å². The molecule has 3 aromatic rings. The number of halogens is 1. The van der Waals surface area contributed by atoms with Gasteiger partial charge in [0.25, 0.3) is 5.91 Å². The summed E-state index contributed by atoms with van der Waals surface area (Å²) in [6.07, 6.45) is 3.92. The summed E-state index contributed by atoms with van der Waals surface area (Å²) in [5, 5.41) is 2.46. The Bertz CT molecular complexity index is 1700. The number of piperazine rings is 1. The third-order valence-corrected chi connectivity index (χ3v) is 10.3. The van der Waals surface area contributed by atoms with E-state index in [2.05, 4.69) is 69.4 Å². The zero-order valence-electron chi connectivity index (χ0n) is 27.0. The number of nitrogens with zero attached hydrogens (tertiary/aromatic N) is 7. The van der Waals surface area contributed by atoms with Gasteiger partial charge in [0.05, 0.1) is 12.2 Å². The molecule has 0 aliphatic carbocycles. The summed E-state index contributed by atoms with van der Waals surface area (Å²) in [4.78, 5) is 34.7. The molecule has 0 N–H and O–H groups in total. The lowest BCUT2D eigenvalue weighted by Gasteiger charge is -2.47. The zero-order valence-corrected chi connectivity index (χ0v) is 27.0. The summed E-state index contributed by atoms with van der Waals surface area (Å²) in [6, 6.07) is 13.6. The van der Waals surface area contributed by atoms with Gasteiger partial charge in [0.1, 0.15) is 18.5 Å². The number of likely N-dealkylation sites (tertiary alicyclic amines) is 1. The first-order chi connectivity index (χ1) is 22.9. The average molecular weight is 640 g/mol. The summed E-state index contributed by atoms with van der Waals surface area (Å²) in [7, 11) is 0. The van der Waals surface area contributed by atoms with Gasteiger partial charge in [-0.25, -0.2) is 11.0 Å². The van der Waals surface area contributed by atoms with Crippen LogP contribution in [0, 0.1) is 13.5 Å². The van der Waals surface area contributed by atoms with Crippen LogP contribution in [-0.4, -0.2) is 103 Å². The predicted molar refractivity (Wildman–Crippen MR) is 179 cm³/mol. The molecular weight excluding hydrogens is 597 g/mol. The van der Waals surface area contributed by atoms with E-state index in [-0.39, 0.29) is 13.1 Å². The number of benzene rings is 2. The third kappa shape index (κ3) is 6.24. The van der Waals surface area contributed by atoms with E-state index in [1.54, 1.807) is 0 Å². The molecule has 7 rings (SSSR count). The normalized spacial score (nSPS) is 22.0. The van der Waals surface area contributed by atoms with Gasteiger partial charge in [0.2, 0.25) is 6.54 Å². The summed E-state index contributed by atoms with van der Waals surface area (Å²) in [5.41, 5.74) is 4.41. The molecule has 1 aromatic heterocycles. The van der Waals surface area contributed by atoms with Crippen molar-refractivity contribution in [1.82, 2.24) is 19.8 Å². The fraction of sp³-hybridized carbons (Fsp3) is 0.500. The largest absolute Gasteiger partial charge is 0.462 e. The van der Waals surface area contributed by atoms with Crippen LogP contribution >= 0.6 is 0 Å². The van der Waals surface area contributed by atoms with E-state index in [4.69, 9.17) is 26.0 Å². The van der Waals surface area contributed by atoms with E-state index in [0.717, 1.165) is 69.1 Å². The lowest BCUT2D eigenvalue weighted by Crippen LogP contribution is -2.57. The molecule has 2 aromatic carbocycles. The second kappa shape index (κ2) is 13.5. The minimum absolute atomic E-state index is 0.0735. The molecule has 11 heteroatoms. The first-order valence-corrected chi connectivity index (χ1v) is 16.7. The molecule has 0 bridgehead atoms. The fourth-order valence-corrected chi connectivity index (χ4v) is 7.73. The van der Waals surface area contributed by atoms with Crippen molar-refractivity contribution in [3.63, 3.8) is 0 Å². The Morgan fingerprint density at radius 3 is 2.62 bits per heavy atom. The van der Waals surface area contributed by atoms with Gasteiger partial charge < -0.3 is 29.0 Å². The van der Waals surface area contributed by atoms with Crippen molar-refractivity contribution in [2.45, 2.75) is 57.3 Å². The number of hydrogen-bond donors (Lipinski definition) is 0. The highest BCUT2D eigenvalue weighted by molar-refractivity contribution is 5.97. The molecule has 1 unspecified atom stereocenters. The van der Waals surface area contributed by atoms with Crippen LogP contribution in [0.25, 0.3) is 15.6 Å². The number of aromatic nitrogens is 2. The van der Waals surface area contributed by atoms with Crippen LogP contribution in [0.15, 0.2) is 48.8 Å². The number of anilines is 2. The third-order valence-electron chi connectivity index (χ3n) is 10.3. The highest BCUT2D eigenvalue weighted by atomic mass is 19.1. The number of amides is 1. The summed E-state index contributed by atoms with van der Waals surface area (Å²) >= 11 is 0. The quantitative estimate of drug-likeness (QED) is 0.263. The maximum absolute atomic E-state index is 13.9. The van der Waals surface area contributed by atoms with E-state index in [1.165, 1.54) is 26.9 Å². The maximum atomic E-state index is 13.9. The number of hydrogen-bond acceptors (Lipinski definition) is 8. The van der Waals surface area contributed by atoms with Crippen LogP contribution in [0.5, 0.6) is 6.01 Å². The summed E-state index contributed by atoms with van der Waals surface area (Å²) in [5.74, 6) is -0.962. The number of carbonyl (C=O) groups excluding carboxylic acids is 1. The first kappa shape index (κ1) is 31.3. The highest BCUT2D eigenvalue weighted by Crippen LogP contribution is 2.36. The Kier molecular flexibility index (Phi) is 8.97. The molecule has 0 spiro atoms. The lowest BCUT2D eigenvalue weighted by molar-refractivity contribution is -0.131. The van der Waals surface area contributed by atoms with Crippen molar-refractivity contribution < 1.29 is 18.7 Å². The average Bonchev–Trinajstić information content (AvgIpc) is 3.07. The van der Waals surface area contributed by atoms with Crippen LogP contribution in [0.4, 0.5) is 15.9 Å². The van der Waals surface area contributed by atoms with Gasteiger partial charge in [0.15, 0.2) is 5.83 Å². The number of ether oxygens (including phenoxy) is 2. The Balaban J connectivity index is 1.18. The predicted octanol–water partition coefficient (Wildman–Crippen LogP) is 4.55. The first-order valence-electron chi connectivity index (χ1n) is 16.7. The topological polar surface area (TPSA) is 78.6 Å². The van der Waals surface area contributed by atoms with E-state index >= 15 is 0 Å². The van der Waals surface area contributed by atoms with Crippen LogP contribution in [0.1, 0.15) is 36.1 Å². The van der Waals surface area contributed by atoms with Gasteiger partial charge in [-0.05, 0) is 49.6 Å². The van der Waals surface area contributed by atoms with Gasteiger partial charge in [-0.15, -0.1) is 0 Å². The van der Waals surface area contributed by atoms with Gasteiger partial charge >= 0.3 is 6.01 Å². The number of rotatable bonds is 8. The van der Waals surface area contributed by atoms with E-state index < -0.39 is 17.8 Å². The van der Waals surface area contributed by atoms with Crippen molar-refractivity contribution in [2.24, 2.45) is 0 Å². The summed E-state index contributed by atoms with van der Waals surface area (Å²) in [6.45, 7) is 18.7. The van der Waals surface area contributed by atoms with Crippen molar-refractivity contribution in [3.8, 4) is 6.01 Å². The molecule has 2 atom stereocenters. The second-order valence-electron chi connectivity index (χ2n) is 13.1. The molecule has 0 radical (unpaired) electrons. The van der Waals surface area contributed by atoms with Gasteiger partial charge in [-0.3, -0.25) is 9.69 Å². The molecule has 1 amide bonds. The zero-order chi connectivity index (χ0) is 32.5. The molecule has 47 heavy (non-hydrogen) atoms. The van der Waals surface area contributed by atoms with Crippen molar-refractivity contribution in [3.05, 3.63) is 77.0 Å². The van der Waals surface area contributed by atoms with Crippen LogP contribution < -0.4 is 14.5 Å². The van der Waals surface area contributed by atoms with Crippen molar-refractivity contribution in [2.75, 3.05) is 68.9 Å². The van der Waals surface area contributed by atoms with Crippen LogP contribution in [0.2, 0.25) is 0 Å². The molecule has 3 fully saturated rings. The van der Waals surface area contributed by atoms with Crippen molar-refractivity contribution in [1.29, 1.82) is 0 Å². The number of fused-ring (bicyclic) bond motifs is 2. The van der Waals surface area contributed by atoms with Gasteiger partial charge in [-0.2, -0.15) is 9.97 Å². The van der Waals surface area contributed by atoms with E-state index in [9.17, 15) is 9.18 Å². The SMILES string of the molecule is [C-]#[N+]C[C@H]1CN(c2nc(OCC3CCN3C3CCOCC3)nc3c2CCN(c2cccc4cccc(C)c24)C3)CCN1C(=O)C(=C)F.